The van der Waals surface area contributed by atoms with Crippen molar-refractivity contribution in [3.05, 3.63) is 76.9 Å². The molecular weight excluding hydrogens is 354 g/mol. The van der Waals surface area contributed by atoms with Gasteiger partial charge in [0.1, 0.15) is 5.03 Å². The summed E-state index contributed by atoms with van der Waals surface area (Å²) in [5.74, 6) is 0.310. The van der Waals surface area contributed by atoms with E-state index < -0.39 is 0 Å². The number of nitrogens with one attached hydrogen (secondary N) is 1. The quantitative estimate of drug-likeness (QED) is 0.644. The highest BCUT2D eigenvalue weighted by Gasteiger charge is 2.06. The van der Waals surface area contributed by atoms with E-state index in [1.807, 2.05) is 43.3 Å². The van der Waals surface area contributed by atoms with Gasteiger partial charge in [-0.05, 0) is 55.7 Å². The highest BCUT2D eigenvalue weighted by atomic mass is 32.2. The Morgan fingerprint density at radius 2 is 1.70 bits per heavy atom. The van der Waals surface area contributed by atoms with Crippen molar-refractivity contribution in [2.75, 3.05) is 5.75 Å². The molecule has 27 heavy (non-hydrogen) atoms. The second-order valence-corrected chi connectivity index (χ2v) is 7.60. The lowest BCUT2D eigenvalue weighted by atomic mass is 10.0. The summed E-state index contributed by atoms with van der Waals surface area (Å²) in [6.07, 6.45) is 0. The maximum Gasteiger partial charge on any atom is 0.230 e. The van der Waals surface area contributed by atoms with Crippen LogP contribution in [0.4, 0.5) is 0 Å². The Balaban J connectivity index is 1.51. The van der Waals surface area contributed by atoms with Gasteiger partial charge in [-0.1, -0.05) is 53.7 Å². The lowest BCUT2D eigenvalue weighted by Gasteiger charge is -2.06. The summed E-state index contributed by atoms with van der Waals surface area (Å²) >= 11 is 1.39. The van der Waals surface area contributed by atoms with Gasteiger partial charge in [0.2, 0.25) is 5.91 Å². The second-order valence-electron chi connectivity index (χ2n) is 6.61. The van der Waals surface area contributed by atoms with Crippen LogP contribution in [0.5, 0.6) is 0 Å². The van der Waals surface area contributed by atoms with E-state index >= 15 is 0 Å². The minimum Gasteiger partial charge on any atom is -0.351 e. The van der Waals surface area contributed by atoms with E-state index in [1.54, 1.807) is 0 Å². The minimum atomic E-state index is -0.0133. The predicted octanol–water partition coefficient (Wildman–Crippen LogP) is 4.48. The van der Waals surface area contributed by atoms with Crippen molar-refractivity contribution >= 4 is 17.7 Å². The van der Waals surface area contributed by atoms with Crippen LogP contribution in [0.1, 0.15) is 22.3 Å². The molecule has 1 amide bonds. The second kappa shape index (κ2) is 8.82. The summed E-state index contributed by atoms with van der Waals surface area (Å²) in [7, 11) is 0. The van der Waals surface area contributed by atoms with E-state index in [0.29, 0.717) is 12.3 Å². The van der Waals surface area contributed by atoms with Crippen molar-refractivity contribution in [1.82, 2.24) is 15.5 Å². The molecule has 1 aromatic heterocycles. The maximum absolute atomic E-state index is 12.0. The van der Waals surface area contributed by atoms with Crippen LogP contribution < -0.4 is 5.32 Å². The van der Waals surface area contributed by atoms with Gasteiger partial charge in [0.15, 0.2) is 0 Å². The van der Waals surface area contributed by atoms with Crippen LogP contribution in [-0.4, -0.2) is 21.9 Å². The monoisotopic (exact) mass is 377 g/mol. The van der Waals surface area contributed by atoms with Gasteiger partial charge < -0.3 is 5.32 Å². The summed E-state index contributed by atoms with van der Waals surface area (Å²) in [6.45, 7) is 6.77. The molecule has 2 aromatic carbocycles. The van der Waals surface area contributed by atoms with E-state index in [9.17, 15) is 4.79 Å². The summed E-state index contributed by atoms with van der Waals surface area (Å²) in [6, 6.07) is 18.3. The number of thioether (sulfide) groups is 1. The number of rotatable bonds is 6. The SMILES string of the molecule is Cc1ccc(CNC(=O)CSc2ccc(-c3ccc(C)c(C)c3)nn2)cc1. The topological polar surface area (TPSA) is 54.9 Å². The molecule has 1 heterocycles. The van der Waals surface area contributed by atoms with Gasteiger partial charge in [-0.2, -0.15) is 0 Å². The zero-order valence-electron chi connectivity index (χ0n) is 15.8. The molecule has 0 saturated heterocycles. The number of hydrogen-bond donors (Lipinski definition) is 1. The first kappa shape index (κ1) is 19.1. The van der Waals surface area contributed by atoms with Crippen LogP contribution in [0.25, 0.3) is 11.3 Å². The third kappa shape index (κ3) is 5.41. The van der Waals surface area contributed by atoms with Crippen LogP contribution in [0.3, 0.4) is 0 Å². The van der Waals surface area contributed by atoms with Crippen molar-refractivity contribution in [2.24, 2.45) is 0 Å². The molecule has 0 atom stereocenters. The third-order valence-corrected chi connectivity index (χ3v) is 5.32. The molecule has 0 aliphatic carbocycles. The number of nitrogens with zero attached hydrogens (tertiary/aromatic N) is 2. The standard InChI is InChI=1S/C22H23N3OS/c1-15-4-7-18(8-5-15)13-23-21(26)14-27-22-11-10-20(24-25-22)19-9-6-16(2)17(3)12-19/h4-12H,13-14H2,1-3H3,(H,23,26). The first-order chi connectivity index (χ1) is 13.0. The van der Waals surface area contributed by atoms with E-state index in [4.69, 9.17) is 0 Å². The first-order valence-electron chi connectivity index (χ1n) is 8.87. The van der Waals surface area contributed by atoms with Crippen molar-refractivity contribution in [3.63, 3.8) is 0 Å². The van der Waals surface area contributed by atoms with Crippen molar-refractivity contribution < 1.29 is 4.79 Å². The highest BCUT2D eigenvalue weighted by Crippen LogP contribution is 2.22. The number of aromatic nitrogens is 2. The van der Waals surface area contributed by atoms with Gasteiger partial charge >= 0.3 is 0 Å². The van der Waals surface area contributed by atoms with E-state index in [2.05, 4.69) is 47.6 Å². The van der Waals surface area contributed by atoms with E-state index in [1.165, 1.54) is 28.5 Å². The number of benzene rings is 2. The van der Waals surface area contributed by atoms with Gasteiger partial charge in [0.05, 0.1) is 11.4 Å². The molecule has 1 N–H and O–H groups in total. The average Bonchev–Trinajstić information content (AvgIpc) is 2.68. The maximum atomic E-state index is 12.0. The van der Waals surface area contributed by atoms with Gasteiger partial charge in [-0.25, -0.2) is 0 Å². The summed E-state index contributed by atoms with van der Waals surface area (Å²) in [4.78, 5) is 12.0. The average molecular weight is 378 g/mol. The summed E-state index contributed by atoms with van der Waals surface area (Å²) in [5, 5.41) is 12.2. The molecular formula is C22H23N3OS. The normalized spacial score (nSPS) is 10.6. The molecule has 0 aliphatic heterocycles. The Morgan fingerprint density at radius 3 is 2.37 bits per heavy atom. The lowest BCUT2D eigenvalue weighted by molar-refractivity contribution is -0.118. The van der Waals surface area contributed by atoms with Crippen LogP contribution in [-0.2, 0) is 11.3 Å². The molecule has 0 bridgehead atoms. The predicted molar refractivity (Wildman–Crippen MR) is 111 cm³/mol. The van der Waals surface area contributed by atoms with Crippen molar-refractivity contribution in [1.29, 1.82) is 0 Å². The molecule has 0 saturated carbocycles. The van der Waals surface area contributed by atoms with Gasteiger partial charge in [-0.15, -0.1) is 10.2 Å². The number of hydrogen-bond acceptors (Lipinski definition) is 4. The van der Waals surface area contributed by atoms with Crippen LogP contribution in [0.15, 0.2) is 59.6 Å². The molecule has 4 nitrogen and oxygen atoms in total. The minimum absolute atomic E-state index is 0.0133. The van der Waals surface area contributed by atoms with Gasteiger partial charge in [0, 0.05) is 12.1 Å². The van der Waals surface area contributed by atoms with Gasteiger partial charge in [-0.3, -0.25) is 4.79 Å². The smallest absolute Gasteiger partial charge is 0.230 e. The Labute approximate surface area is 164 Å². The fraction of sp³-hybridized carbons (Fsp3) is 0.227. The number of carbonyl (C=O) groups is 1. The van der Waals surface area contributed by atoms with Crippen LogP contribution >= 0.6 is 11.8 Å². The third-order valence-electron chi connectivity index (χ3n) is 4.40. The summed E-state index contributed by atoms with van der Waals surface area (Å²) in [5.41, 5.74) is 6.69. The number of aryl methyl sites for hydroxylation is 3. The Morgan fingerprint density at radius 1 is 0.926 bits per heavy atom. The van der Waals surface area contributed by atoms with E-state index in [-0.39, 0.29) is 5.91 Å². The molecule has 5 heteroatoms. The molecule has 0 unspecified atom stereocenters. The lowest BCUT2D eigenvalue weighted by Crippen LogP contribution is -2.24. The highest BCUT2D eigenvalue weighted by molar-refractivity contribution is 7.99. The number of carbonyl (C=O) groups excluding carboxylic acids is 1. The zero-order chi connectivity index (χ0) is 19.2. The fourth-order valence-corrected chi connectivity index (χ4v) is 3.19. The zero-order valence-corrected chi connectivity index (χ0v) is 16.6. The molecule has 138 valence electrons. The molecule has 0 radical (unpaired) electrons. The van der Waals surface area contributed by atoms with Gasteiger partial charge in [0.25, 0.3) is 0 Å². The van der Waals surface area contributed by atoms with Crippen molar-refractivity contribution in [3.8, 4) is 11.3 Å². The first-order valence-corrected chi connectivity index (χ1v) is 9.86. The van der Waals surface area contributed by atoms with Crippen LogP contribution in [0, 0.1) is 20.8 Å². The largest absolute Gasteiger partial charge is 0.351 e. The Hall–Kier alpha value is -2.66. The molecule has 3 aromatic rings. The number of amides is 1. The van der Waals surface area contributed by atoms with Crippen LogP contribution in [0.2, 0.25) is 0 Å². The summed E-state index contributed by atoms with van der Waals surface area (Å²) < 4.78 is 0. The van der Waals surface area contributed by atoms with Crippen molar-refractivity contribution in [2.45, 2.75) is 32.3 Å². The molecule has 0 spiro atoms. The molecule has 0 fully saturated rings. The van der Waals surface area contributed by atoms with E-state index in [0.717, 1.165) is 21.8 Å². The Kier molecular flexibility index (Phi) is 6.24. The fourth-order valence-electron chi connectivity index (χ4n) is 2.55. The Bertz CT molecular complexity index is 921. The molecule has 3 rings (SSSR count). The molecule has 0 aliphatic rings.